The van der Waals surface area contributed by atoms with Gasteiger partial charge in [-0.05, 0) is 54.1 Å². The topological polar surface area (TPSA) is 91.0 Å². The van der Waals surface area contributed by atoms with Crippen LogP contribution >= 0.6 is 0 Å². The van der Waals surface area contributed by atoms with E-state index in [1.807, 2.05) is 121 Å². The van der Waals surface area contributed by atoms with E-state index in [1.165, 1.54) is 0 Å². The minimum absolute atomic E-state index is 0.543. The van der Waals surface area contributed by atoms with Gasteiger partial charge < -0.3 is 13.3 Å². The summed E-state index contributed by atoms with van der Waals surface area (Å²) < 4.78 is 19.3. The number of hydrogen-bond donors (Lipinski definition) is 0. The zero-order chi connectivity index (χ0) is 33.5. The fraction of sp³-hybridized carbons (Fsp3) is 0. The number of pyridine rings is 1. The molecule has 6 aromatic carbocycles. The van der Waals surface area contributed by atoms with E-state index in [1.54, 1.807) is 0 Å². The Balaban J connectivity index is 1.14. The monoisotopic (exact) mass is 656 g/mol. The zero-order valence-corrected chi connectivity index (χ0v) is 26.9. The molecule has 0 saturated carbocycles. The van der Waals surface area contributed by atoms with Crippen molar-refractivity contribution in [2.45, 2.75) is 0 Å². The Morgan fingerprint density at radius 3 is 1.47 bits per heavy atom. The van der Waals surface area contributed by atoms with Gasteiger partial charge in [-0.25, -0.2) is 19.9 Å². The van der Waals surface area contributed by atoms with Gasteiger partial charge in [-0.2, -0.15) is 0 Å². The van der Waals surface area contributed by atoms with Crippen molar-refractivity contribution in [2.75, 3.05) is 0 Å². The van der Waals surface area contributed by atoms with Crippen LogP contribution in [-0.4, -0.2) is 19.9 Å². The highest BCUT2D eigenvalue weighted by atomic mass is 16.3. The van der Waals surface area contributed by atoms with Gasteiger partial charge in [0, 0.05) is 38.2 Å². The van der Waals surface area contributed by atoms with Crippen molar-refractivity contribution in [1.29, 1.82) is 0 Å². The van der Waals surface area contributed by atoms with Crippen molar-refractivity contribution in [2.24, 2.45) is 0 Å². The van der Waals surface area contributed by atoms with Crippen LogP contribution in [0.25, 0.3) is 111 Å². The number of nitrogens with zero attached hydrogens (tertiary/aromatic N) is 4. The minimum atomic E-state index is 0.543. The van der Waals surface area contributed by atoms with Crippen LogP contribution < -0.4 is 0 Å². The Morgan fingerprint density at radius 2 is 0.804 bits per heavy atom. The second-order valence-corrected chi connectivity index (χ2v) is 12.6. The van der Waals surface area contributed by atoms with Gasteiger partial charge in [0.2, 0.25) is 0 Å². The number of furan rings is 3. The number of benzene rings is 6. The number of aromatic nitrogens is 4. The maximum absolute atomic E-state index is 6.53. The lowest BCUT2D eigenvalue weighted by Gasteiger charge is -2.10. The van der Waals surface area contributed by atoms with Gasteiger partial charge in [0.25, 0.3) is 0 Å². The molecule has 11 rings (SSSR count). The normalized spacial score (nSPS) is 11.9. The standard InChI is InChI=1S/C44H24N4O3/c1-2-11-25(12-3-1)42-46-43(48-44(47-42)28-21-22-30-29-15-4-7-18-33(29)49-36(30)24-28)27-14-10-13-26(23-27)37-40-38(31-16-5-8-19-34(31)50-40)45-39-32-17-6-9-20-35(32)51-41(37)39/h1-24H. The molecular formula is C44H24N4O3. The van der Waals surface area contributed by atoms with Gasteiger partial charge in [-0.15, -0.1) is 0 Å². The highest BCUT2D eigenvalue weighted by Gasteiger charge is 2.23. The molecule has 0 bridgehead atoms. The summed E-state index contributed by atoms with van der Waals surface area (Å²) in [5.41, 5.74) is 10.4. The lowest BCUT2D eigenvalue weighted by molar-refractivity contribution is 0.657. The second kappa shape index (κ2) is 10.7. The molecule has 0 unspecified atom stereocenters. The molecule has 7 nitrogen and oxygen atoms in total. The van der Waals surface area contributed by atoms with Crippen molar-refractivity contribution >= 4 is 66.1 Å². The lowest BCUT2D eigenvalue weighted by Crippen LogP contribution is -2.00. The van der Waals surface area contributed by atoms with Gasteiger partial charge in [0.15, 0.2) is 28.6 Å². The Bertz CT molecular complexity index is 3070. The zero-order valence-electron chi connectivity index (χ0n) is 26.9. The van der Waals surface area contributed by atoms with E-state index in [0.717, 1.165) is 82.7 Å². The summed E-state index contributed by atoms with van der Waals surface area (Å²) >= 11 is 0. The molecule has 0 atom stereocenters. The maximum Gasteiger partial charge on any atom is 0.165 e. The average Bonchev–Trinajstić information content (AvgIpc) is 3.88. The van der Waals surface area contributed by atoms with Crippen LogP contribution in [0.3, 0.4) is 0 Å². The SMILES string of the molecule is c1ccc(-c2nc(-c3cccc(-c4c5oc6ccccc6c5nc5c4oc4ccccc45)c3)nc(-c3ccc4c(c3)oc3ccccc34)n2)cc1. The fourth-order valence-electron chi connectivity index (χ4n) is 7.13. The average molecular weight is 657 g/mol. The molecule has 7 heteroatoms. The van der Waals surface area contributed by atoms with E-state index in [0.29, 0.717) is 28.6 Å². The molecular weight excluding hydrogens is 633 g/mol. The Hall–Kier alpha value is -7.12. The summed E-state index contributed by atoms with van der Waals surface area (Å²) in [5, 5.41) is 4.03. The summed E-state index contributed by atoms with van der Waals surface area (Å²) in [6, 6.07) is 48.3. The highest BCUT2D eigenvalue weighted by Crippen LogP contribution is 2.43. The molecule has 0 radical (unpaired) electrons. The predicted octanol–water partition coefficient (Wildman–Crippen LogP) is 11.6. The second-order valence-electron chi connectivity index (χ2n) is 12.6. The smallest absolute Gasteiger partial charge is 0.165 e. The summed E-state index contributed by atoms with van der Waals surface area (Å²) in [6.07, 6.45) is 0. The Morgan fingerprint density at radius 1 is 0.314 bits per heavy atom. The van der Waals surface area contributed by atoms with Gasteiger partial charge in [-0.1, -0.05) is 97.1 Å². The largest absolute Gasteiger partial charge is 0.456 e. The van der Waals surface area contributed by atoms with E-state index in [4.69, 9.17) is 33.2 Å². The number of fused-ring (bicyclic) bond motifs is 9. The Labute approximate surface area is 289 Å². The molecule has 0 spiro atoms. The van der Waals surface area contributed by atoms with Crippen LogP contribution in [0.1, 0.15) is 0 Å². The van der Waals surface area contributed by atoms with Crippen molar-refractivity contribution in [1.82, 2.24) is 19.9 Å². The van der Waals surface area contributed by atoms with Gasteiger partial charge >= 0.3 is 0 Å². The third-order valence-corrected chi connectivity index (χ3v) is 9.53. The van der Waals surface area contributed by atoms with E-state index in [9.17, 15) is 0 Å². The fourth-order valence-corrected chi connectivity index (χ4v) is 7.13. The highest BCUT2D eigenvalue weighted by molar-refractivity contribution is 6.18. The van der Waals surface area contributed by atoms with Crippen molar-refractivity contribution in [3.63, 3.8) is 0 Å². The molecule has 0 saturated heterocycles. The third-order valence-electron chi connectivity index (χ3n) is 9.53. The predicted molar refractivity (Wildman–Crippen MR) is 201 cm³/mol. The van der Waals surface area contributed by atoms with Crippen LogP contribution in [0.15, 0.2) is 159 Å². The molecule has 5 heterocycles. The number of para-hydroxylation sites is 3. The van der Waals surface area contributed by atoms with Crippen molar-refractivity contribution < 1.29 is 13.3 Å². The first kappa shape index (κ1) is 27.8. The molecule has 0 N–H and O–H groups in total. The lowest BCUT2D eigenvalue weighted by atomic mass is 10.0. The van der Waals surface area contributed by atoms with E-state index in [2.05, 4.69) is 24.3 Å². The molecule has 0 aliphatic carbocycles. The van der Waals surface area contributed by atoms with Gasteiger partial charge in [0.1, 0.15) is 33.4 Å². The van der Waals surface area contributed by atoms with E-state index in [-0.39, 0.29) is 0 Å². The molecule has 0 aliphatic rings. The molecule has 11 aromatic rings. The maximum atomic E-state index is 6.53. The molecule has 0 aliphatic heterocycles. The molecule has 5 aromatic heterocycles. The molecule has 0 amide bonds. The van der Waals surface area contributed by atoms with Crippen LogP contribution in [-0.2, 0) is 0 Å². The van der Waals surface area contributed by atoms with Crippen molar-refractivity contribution in [3.05, 3.63) is 146 Å². The first-order valence-corrected chi connectivity index (χ1v) is 16.7. The van der Waals surface area contributed by atoms with Crippen LogP contribution in [0.4, 0.5) is 0 Å². The summed E-state index contributed by atoms with van der Waals surface area (Å²) in [5.74, 6) is 1.67. The van der Waals surface area contributed by atoms with Crippen molar-refractivity contribution in [3.8, 4) is 45.3 Å². The first-order chi connectivity index (χ1) is 25.2. The minimum Gasteiger partial charge on any atom is -0.456 e. The van der Waals surface area contributed by atoms with Crippen LogP contribution in [0.5, 0.6) is 0 Å². The van der Waals surface area contributed by atoms with Crippen LogP contribution in [0.2, 0.25) is 0 Å². The van der Waals surface area contributed by atoms with E-state index >= 15 is 0 Å². The molecule has 0 fully saturated rings. The number of rotatable bonds is 4. The number of hydrogen-bond acceptors (Lipinski definition) is 7. The van der Waals surface area contributed by atoms with Gasteiger partial charge in [0.05, 0.1) is 5.56 Å². The van der Waals surface area contributed by atoms with Crippen LogP contribution in [0, 0.1) is 0 Å². The summed E-state index contributed by atoms with van der Waals surface area (Å²) in [7, 11) is 0. The summed E-state index contributed by atoms with van der Waals surface area (Å²) in [6.45, 7) is 0. The quantitative estimate of drug-likeness (QED) is 0.186. The third kappa shape index (κ3) is 4.31. The summed E-state index contributed by atoms with van der Waals surface area (Å²) in [4.78, 5) is 20.2. The Kier molecular flexibility index (Phi) is 5.83. The first-order valence-electron chi connectivity index (χ1n) is 16.7. The van der Waals surface area contributed by atoms with E-state index < -0.39 is 0 Å². The molecule has 238 valence electrons. The molecule has 51 heavy (non-hydrogen) atoms. The van der Waals surface area contributed by atoms with Gasteiger partial charge in [-0.3, -0.25) is 0 Å².